The molecule has 2 atom stereocenters. The molecule has 2 rings (SSSR count). The van der Waals surface area contributed by atoms with Gasteiger partial charge in [0.05, 0.1) is 12.7 Å². The number of likely N-dealkylation sites (N-methyl/N-ethyl adjacent to an activating group) is 1. The summed E-state index contributed by atoms with van der Waals surface area (Å²) in [6.45, 7) is 6.52. The van der Waals surface area contributed by atoms with Crippen LogP contribution >= 0.6 is 0 Å². The molecule has 20 heavy (non-hydrogen) atoms. The third-order valence-electron chi connectivity index (χ3n) is 3.63. The van der Waals surface area contributed by atoms with E-state index in [9.17, 15) is 5.11 Å². The van der Waals surface area contributed by atoms with Gasteiger partial charge in [0, 0.05) is 19.7 Å². The Morgan fingerprint density at radius 1 is 1.35 bits per heavy atom. The maximum atomic E-state index is 10.4. The molecular weight excluding hydrogens is 258 g/mol. The lowest BCUT2D eigenvalue weighted by Gasteiger charge is -2.29. The minimum atomic E-state index is -0.552. The van der Waals surface area contributed by atoms with Gasteiger partial charge in [-0.15, -0.1) is 0 Å². The summed E-state index contributed by atoms with van der Waals surface area (Å²) in [4.78, 5) is 2.19. The maximum absolute atomic E-state index is 10.4. The first kappa shape index (κ1) is 15.1. The molecule has 0 spiro atoms. The van der Waals surface area contributed by atoms with Crippen LogP contribution in [-0.2, 0) is 4.74 Å². The van der Waals surface area contributed by atoms with Crippen molar-refractivity contribution in [2.75, 3.05) is 33.6 Å². The summed E-state index contributed by atoms with van der Waals surface area (Å²) < 4.78 is 15.8. The molecule has 5 heteroatoms. The Hall–Kier alpha value is -1.30. The fourth-order valence-corrected chi connectivity index (χ4v) is 2.42. The van der Waals surface area contributed by atoms with Crippen molar-refractivity contribution in [3.8, 4) is 11.5 Å². The van der Waals surface area contributed by atoms with Crippen molar-refractivity contribution >= 4 is 0 Å². The minimum Gasteiger partial charge on any atom is -0.454 e. The van der Waals surface area contributed by atoms with Crippen LogP contribution in [0.3, 0.4) is 0 Å². The third-order valence-corrected chi connectivity index (χ3v) is 3.63. The Morgan fingerprint density at radius 3 is 2.80 bits per heavy atom. The highest BCUT2D eigenvalue weighted by molar-refractivity contribution is 5.45. The van der Waals surface area contributed by atoms with Crippen LogP contribution in [0, 0.1) is 0 Å². The highest BCUT2D eigenvalue weighted by Gasteiger charge is 2.20. The predicted octanol–water partition coefficient (Wildman–Crippen LogP) is 1.81. The molecule has 0 radical (unpaired) electrons. The Balaban J connectivity index is 2.01. The second-order valence-electron chi connectivity index (χ2n) is 5.02. The molecule has 2 unspecified atom stereocenters. The number of ether oxygens (including phenoxy) is 3. The van der Waals surface area contributed by atoms with Crippen LogP contribution in [0.5, 0.6) is 11.5 Å². The van der Waals surface area contributed by atoms with Crippen LogP contribution < -0.4 is 9.47 Å². The van der Waals surface area contributed by atoms with Gasteiger partial charge in [0.2, 0.25) is 6.79 Å². The zero-order valence-electron chi connectivity index (χ0n) is 12.3. The van der Waals surface area contributed by atoms with E-state index in [1.54, 1.807) is 7.11 Å². The van der Waals surface area contributed by atoms with Gasteiger partial charge >= 0.3 is 0 Å². The van der Waals surface area contributed by atoms with E-state index in [0.717, 1.165) is 17.9 Å². The summed E-state index contributed by atoms with van der Waals surface area (Å²) in [7, 11) is 1.69. The van der Waals surface area contributed by atoms with Crippen LogP contribution in [-0.4, -0.2) is 49.6 Å². The van der Waals surface area contributed by atoms with Crippen molar-refractivity contribution in [3.05, 3.63) is 23.8 Å². The molecule has 1 aliphatic heterocycles. The van der Waals surface area contributed by atoms with Crippen LogP contribution in [0.4, 0.5) is 0 Å². The lowest BCUT2D eigenvalue weighted by molar-refractivity contribution is 0.0581. The van der Waals surface area contributed by atoms with Gasteiger partial charge in [-0.1, -0.05) is 13.0 Å². The van der Waals surface area contributed by atoms with Gasteiger partial charge < -0.3 is 19.3 Å². The van der Waals surface area contributed by atoms with Crippen molar-refractivity contribution in [2.24, 2.45) is 0 Å². The predicted molar refractivity (Wildman–Crippen MR) is 76.1 cm³/mol. The lowest BCUT2D eigenvalue weighted by Crippen LogP contribution is -2.38. The van der Waals surface area contributed by atoms with Gasteiger partial charge in [-0.05, 0) is 31.2 Å². The van der Waals surface area contributed by atoms with E-state index in [1.807, 2.05) is 18.2 Å². The van der Waals surface area contributed by atoms with E-state index in [-0.39, 0.29) is 12.8 Å². The molecular formula is C15H23NO4. The molecule has 0 saturated carbocycles. The molecule has 0 aromatic heterocycles. The topological polar surface area (TPSA) is 51.2 Å². The van der Waals surface area contributed by atoms with E-state index >= 15 is 0 Å². The number of fused-ring (bicyclic) bond motifs is 1. The smallest absolute Gasteiger partial charge is 0.231 e. The zero-order valence-corrected chi connectivity index (χ0v) is 12.3. The fraction of sp³-hybridized carbons (Fsp3) is 0.600. The average molecular weight is 281 g/mol. The number of methoxy groups -OCH3 is 1. The second kappa shape index (κ2) is 6.92. The van der Waals surface area contributed by atoms with Gasteiger partial charge in [0.1, 0.15) is 0 Å². The highest BCUT2D eigenvalue weighted by atomic mass is 16.7. The number of aliphatic hydroxyl groups excluding tert-OH is 1. The zero-order chi connectivity index (χ0) is 14.5. The van der Waals surface area contributed by atoms with Crippen LogP contribution in [0.25, 0.3) is 0 Å². The average Bonchev–Trinajstić information content (AvgIpc) is 2.91. The molecule has 0 amide bonds. The molecule has 1 heterocycles. The van der Waals surface area contributed by atoms with E-state index < -0.39 is 6.10 Å². The molecule has 1 aliphatic rings. The van der Waals surface area contributed by atoms with E-state index in [0.29, 0.717) is 18.9 Å². The molecule has 1 aromatic rings. The van der Waals surface area contributed by atoms with E-state index in [2.05, 4.69) is 18.7 Å². The van der Waals surface area contributed by atoms with Gasteiger partial charge in [0.25, 0.3) is 0 Å². The van der Waals surface area contributed by atoms with Crippen molar-refractivity contribution in [2.45, 2.75) is 26.0 Å². The second-order valence-corrected chi connectivity index (χ2v) is 5.02. The number of benzene rings is 1. The third kappa shape index (κ3) is 3.42. The van der Waals surface area contributed by atoms with E-state index in [4.69, 9.17) is 14.2 Å². The van der Waals surface area contributed by atoms with Crippen LogP contribution in [0.1, 0.15) is 25.5 Å². The quantitative estimate of drug-likeness (QED) is 0.826. The van der Waals surface area contributed by atoms with Crippen molar-refractivity contribution in [1.29, 1.82) is 0 Å². The normalized spacial score (nSPS) is 16.4. The van der Waals surface area contributed by atoms with Crippen molar-refractivity contribution in [1.82, 2.24) is 4.90 Å². The number of hydrogen-bond acceptors (Lipinski definition) is 5. The van der Waals surface area contributed by atoms with Gasteiger partial charge in [-0.25, -0.2) is 0 Å². The summed E-state index contributed by atoms with van der Waals surface area (Å²) in [5.74, 6) is 1.44. The number of rotatable bonds is 7. The summed E-state index contributed by atoms with van der Waals surface area (Å²) in [6, 6.07) is 5.85. The van der Waals surface area contributed by atoms with Gasteiger partial charge in [-0.3, -0.25) is 4.90 Å². The monoisotopic (exact) mass is 281 g/mol. The Morgan fingerprint density at radius 2 is 2.10 bits per heavy atom. The van der Waals surface area contributed by atoms with Crippen molar-refractivity contribution < 1.29 is 19.3 Å². The molecule has 0 aliphatic carbocycles. The summed E-state index contributed by atoms with van der Waals surface area (Å²) in [5, 5.41) is 10.4. The standard InChI is InChI=1S/C15H23NO4/c1-4-16(11(2)9-18-3)8-13(17)12-5-6-14-15(7-12)20-10-19-14/h5-7,11,13,17H,4,8-10H2,1-3H3. The number of nitrogens with zero attached hydrogens (tertiary/aromatic N) is 1. The molecule has 5 nitrogen and oxygen atoms in total. The molecule has 0 bridgehead atoms. The first-order valence-electron chi connectivity index (χ1n) is 6.96. The summed E-state index contributed by atoms with van der Waals surface area (Å²) >= 11 is 0. The number of aliphatic hydroxyl groups is 1. The highest BCUT2D eigenvalue weighted by Crippen LogP contribution is 2.34. The minimum absolute atomic E-state index is 0.251. The Kier molecular flexibility index (Phi) is 5.23. The first-order valence-corrected chi connectivity index (χ1v) is 6.96. The van der Waals surface area contributed by atoms with Crippen LogP contribution in [0.2, 0.25) is 0 Å². The summed E-state index contributed by atoms with van der Waals surface area (Å²) in [5.41, 5.74) is 0.845. The van der Waals surface area contributed by atoms with E-state index in [1.165, 1.54) is 0 Å². The molecule has 1 aromatic carbocycles. The molecule has 0 fully saturated rings. The number of hydrogen-bond donors (Lipinski definition) is 1. The fourth-order valence-electron chi connectivity index (χ4n) is 2.42. The maximum Gasteiger partial charge on any atom is 0.231 e. The van der Waals surface area contributed by atoms with Crippen LogP contribution in [0.15, 0.2) is 18.2 Å². The van der Waals surface area contributed by atoms with Gasteiger partial charge in [-0.2, -0.15) is 0 Å². The largest absolute Gasteiger partial charge is 0.454 e. The Labute approximate surface area is 120 Å². The SMILES string of the molecule is CCN(CC(O)c1ccc2c(c1)OCO2)C(C)COC. The van der Waals surface area contributed by atoms with Crippen molar-refractivity contribution in [3.63, 3.8) is 0 Å². The Bertz CT molecular complexity index is 438. The first-order chi connectivity index (χ1) is 9.65. The van der Waals surface area contributed by atoms with Gasteiger partial charge in [0.15, 0.2) is 11.5 Å². The molecule has 0 saturated heterocycles. The molecule has 1 N–H and O–H groups in total. The molecule has 112 valence electrons. The summed E-state index contributed by atoms with van der Waals surface area (Å²) in [6.07, 6.45) is -0.552. The lowest BCUT2D eigenvalue weighted by atomic mass is 10.1.